The van der Waals surface area contributed by atoms with E-state index in [1.165, 1.54) is 28.9 Å². The predicted molar refractivity (Wildman–Crippen MR) is 225 cm³/mol. The van der Waals surface area contributed by atoms with E-state index in [1.54, 1.807) is 142 Å². The Bertz CT molecular complexity index is 1810. The quantitative estimate of drug-likeness (QED) is 0.405. The standard InChI is InChI=1S/C16H21BO3.S20/c1-15(2)16(3,4)20-17(19-15)10-5-6-11-12(9-10)14-8-7-13(11)18-14;1-3-5-7-9-11-13-15-17-19-20-18-16-14-12-10-8-6-4-2/h5-6,9,13-14H,7-8H2,1-4H3;. The molecule has 2 saturated heterocycles. The molecule has 24 heteroatoms. The molecule has 4 rings (SSSR count). The summed E-state index contributed by atoms with van der Waals surface area (Å²) >= 11 is 9.51. The second-order valence-corrected chi connectivity index (χ2v) is 40.2. The van der Waals surface area contributed by atoms with Crippen LogP contribution >= 0.6 is 0 Å². The first kappa shape index (κ1) is 38.0. The Balaban J connectivity index is 0.000000220. The molecule has 3 aliphatic heterocycles. The molecule has 3 nitrogen and oxygen atoms in total. The van der Waals surface area contributed by atoms with E-state index in [2.05, 4.69) is 45.9 Å². The van der Waals surface area contributed by atoms with Crippen LogP contribution < -0.4 is 5.46 Å². The fraction of sp³-hybridized carbons (Fsp3) is 0.625. The monoisotopic (exact) mass is 912 g/mol. The van der Waals surface area contributed by atoms with Crippen molar-refractivity contribution in [3.8, 4) is 0 Å². The molecule has 1 aromatic carbocycles. The van der Waals surface area contributed by atoms with Crippen LogP contribution in [0, 0.1) is 0 Å². The third kappa shape index (κ3) is 12.6. The Labute approximate surface area is 296 Å². The van der Waals surface area contributed by atoms with Crippen molar-refractivity contribution in [2.75, 3.05) is 0 Å². The van der Waals surface area contributed by atoms with Crippen molar-refractivity contribution in [1.82, 2.24) is 0 Å². The highest BCUT2D eigenvalue weighted by molar-refractivity contribution is 8.78. The van der Waals surface area contributed by atoms with Gasteiger partial charge in [0.15, 0.2) is 0 Å². The van der Waals surface area contributed by atoms with Gasteiger partial charge >= 0.3 is 7.12 Å². The molecule has 3 aliphatic rings. The van der Waals surface area contributed by atoms with Gasteiger partial charge in [-0.05, 0) is 57.1 Å². The lowest BCUT2D eigenvalue weighted by atomic mass is 9.76. The summed E-state index contributed by atoms with van der Waals surface area (Å²) in [7, 11) is 30.5. The van der Waals surface area contributed by atoms with Crippen molar-refractivity contribution in [3.63, 3.8) is 0 Å². The number of rotatable bonds is 1. The Hall–Kier alpha value is 3.56. The molecule has 0 aliphatic carbocycles. The van der Waals surface area contributed by atoms with Crippen LogP contribution in [0.5, 0.6) is 0 Å². The molecule has 2 atom stereocenters. The maximum Gasteiger partial charge on any atom is 0.494 e. The maximum atomic E-state index is 6.13. The molecule has 2 fully saturated rings. The number of ether oxygens (including phenoxy) is 1. The van der Waals surface area contributed by atoms with Crippen LogP contribution in [0.2, 0.25) is 0 Å². The van der Waals surface area contributed by atoms with Crippen LogP contribution in [0.4, 0.5) is 0 Å². The number of hydrogen-bond donors (Lipinski definition) is 0. The largest absolute Gasteiger partial charge is 0.494 e. The number of hydrogen-bond acceptors (Lipinski definition) is 5. The topological polar surface area (TPSA) is 27.7 Å². The molecule has 1 aromatic rings. The summed E-state index contributed by atoms with van der Waals surface area (Å²) in [5, 5.41) is 0. The van der Waals surface area contributed by atoms with E-state index in [1.807, 2.05) is 0 Å². The van der Waals surface area contributed by atoms with Gasteiger partial charge in [-0.25, -0.2) is 0 Å². The van der Waals surface area contributed by atoms with Gasteiger partial charge in [0, 0.05) is 182 Å². The molecule has 40 heavy (non-hydrogen) atoms. The van der Waals surface area contributed by atoms with Crippen molar-refractivity contribution < 1.29 is 14.0 Å². The highest BCUT2D eigenvalue weighted by atomic mass is 33.5. The third-order valence-electron chi connectivity index (χ3n) is 5.82. The van der Waals surface area contributed by atoms with Gasteiger partial charge in [-0.15, -0.1) is 0 Å². The van der Waals surface area contributed by atoms with Gasteiger partial charge in [-0.1, -0.05) is 18.2 Å². The summed E-state index contributed by atoms with van der Waals surface area (Å²) in [5.74, 6) is 0. The van der Waals surface area contributed by atoms with E-state index >= 15 is 0 Å². The molecule has 0 saturated carbocycles. The van der Waals surface area contributed by atoms with Crippen LogP contribution in [-0.2, 0) is 196 Å². The van der Waals surface area contributed by atoms with E-state index in [-0.39, 0.29) is 24.4 Å². The molecule has 3 heterocycles. The highest BCUT2D eigenvalue weighted by Crippen LogP contribution is 2.50. The minimum Gasteiger partial charge on any atom is -0.399 e. The zero-order chi connectivity index (χ0) is 28.8. The molecular formula is C16H21BO3S20. The van der Waals surface area contributed by atoms with E-state index in [0.29, 0.717) is 6.10 Å². The Morgan fingerprint density at radius 3 is 1.38 bits per heavy atom. The van der Waals surface area contributed by atoms with Crippen molar-refractivity contribution in [3.05, 3.63) is 29.3 Å². The SMILES string of the molecule is CC1(C)OB(c2ccc3c(c2)C2CCC3O2)OC1(C)C.S=S=S=S=S=S=S=S=S=S=S=S=S=S=S=S=S=S=S=S. The fourth-order valence-corrected chi connectivity index (χ4v) is 47.5. The van der Waals surface area contributed by atoms with Gasteiger partial charge in [0.05, 0.1) is 23.4 Å². The summed E-state index contributed by atoms with van der Waals surface area (Å²) in [6.07, 6.45) is 2.91. The lowest BCUT2D eigenvalue weighted by Gasteiger charge is -2.32. The zero-order valence-electron chi connectivity index (χ0n) is 20.8. The van der Waals surface area contributed by atoms with Gasteiger partial charge in [0.2, 0.25) is 0 Å². The summed E-state index contributed by atoms with van der Waals surface area (Å²) in [6.45, 7) is 8.35. The average molecular weight is 913 g/mol. The second kappa shape index (κ2) is 20.7. The smallest absolute Gasteiger partial charge is 0.399 e. The maximum absolute atomic E-state index is 6.13. The normalized spacial score (nSPS) is 20.1. The summed E-state index contributed by atoms with van der Waals surface area (Å²) in [6, 6.07) is 6.55. The van der Waals surface area contributed by atoms with Crippen LogP contribution in [0.3, 0.4) is 0 Å². The molecule has 2 unspecified atom stereocenters. The van der Waals surface area contributed by atoms with Gasteiger partial charge in [0.25, 0.3) is 0 Å². The van der Waals surface area contributed by atoms with Gasteiger partial charge in [-0.3, -0.25) is 0 Å². The second-order valence-electron chi connectivity index (χ2n) is 8.39. The van der Waals surface area contributed by atoms with Crippen LogP contribution in [0.1, 0.15) is 63.9 Å². The minimum absolute atomic E-state index is 0.274. The first-order valence-electron chi connectivity index (χ1n) is 10.7. The zero-order valence-corrected chi connectivity index (χ0v) is 37.1. The minimum atomic E-state index is -0.286. The van der Waals surface area contributed by atoms with Crippen molar-refractivity contribution >= 4 is 195 Å². The first-order chi connectivity index (χ1) is 19.3. The molecule has 0 aromatic heterocycles. The van der Waals surface area contributed by atoms with E-state index in [4.69, 9.17) is 36.4 Å². The highest BCUT2D eigenvalue weighted by Gasteiger charge is 2.52. The van der Waals surface area contributed by atoms with Gasteiger partial charge in [-0.2, -0.15) is 0 Å². The van der Waals surface area contributed by atoms with Gasteiger partial charge in [0.1, 0.15) is 0 Å². The number of fused-ring (bicyclic) bond motifs is 5. The molecular weight excluding hydrogens is 892 g/mol. The summed E-state index contributed by atoms with van der Waals surface area (Å²) in [5.41, 5.74) is 3.24. The first-order valence-corrected chi connectivity index (χ1v) is 36.0. The van der Waals surface area contributed by atoms with Crippen LogP contribution in [-0.4, -0.2) is 18.3 Å². The van der Waals surface area contributed by atoms with E-state index < -0.39 is 0 Å². The number of benzene rings is 1. The summed E-state index contributed by atoms with van der Waals surface area (Å²) in [4.78, 5) is 0. The lowest BCUT2D eigenvalue weighted by molar-refractivity contribution is 0.00578. The molecule has 2 bridgehead atoms. The fourth-order valence-electron chi connectivity index (χ4n) is 3.57. The van der Waals surface area contributed by atoms with Gasteiger partial charge < -0.3 is 14.0 Å². The summed E-state index contributed by atoms with van der Waals surface area (Å²) < 4.78 is 18.2. The molecule has 0 radical (unpaired) electrons. The Morgan fingerprint density at radius 1 is 0.600 bits per heavy atom. The molecule has 226 valence electrons. The van der Waals surface area contributed by atoms with E-state index in [0.717, 1.165) is 18.3 Å². The Morgan fingerprint density at radius 2 is 0.975 bits per heavy atom. The Kier molecular flexibility index (Phi) is 19.7. The average Bonchev–Trinajstić information content (AvgIpc) is 3.61. The van der Waals surface area contributed by atoms with Crippen LogP contribution in [0.15, 0.2) is 18.2 Å². The van der Waals surface area contributed by atoms with Crippen molar-refractivity contribution in [1.29, 1.82) is 0 Å². The van der Waals surface area contributed by atoms with Crippen LogP contribution in [0.25, 0.3) is 0 Å². The van der Waals surface area contributed by atoms with Crippen molar-refractivity contribution in [2.24, 2.45) is 0 Å². The third-order valence-corrected chi connectivity index (χ3v) is 43.6. The molecule has 0 N–H and O–H groups in total. The lowest BCUT2D eigenvalue weighted by Crippen LogP contribution is -2.41. The van der Waals surface area contributed by atoms with E-state index in [9.17, 15) is 0 Å². The predicted octanol–water partition coefficient (Wildman–Crippen LogP) is 2.84. The molecule has 0 spiro atoms. The van der Waals surface area contributed by atoms with Crippen molar-refractivity contribution in [2.45, 2.75) is 63.9 Å². The molecule has 0 amide bonds.